The normalized spacial score (nSPS) is 17.9. The molecule has 1 unspecified atom stereocenters. The highest BCUT2D eigenvalue weighted by Gasteiger charge is 2.19. The largest absolute Gasteiger partial charge is 0.306 e. The molecule has 1 N–H and O–H groups in total. The molecule has 0 saturated heterocycles. The summed E-state index contributed by atoms with van der Waals surface area (Å²) in [5, 5.41) is 3.58. The monoisotopic (exact) mass is 285 g/mol. The van der Waals surface area contributed by atoms with E-state index in [1.807, 2.05) is 11.3 Å². The molecule has 3 heteroatoms. The average Bonchev–Trinajstić information content (AvgIpc) is 2.85. The summed E-state index contributed by atoms with van der Waals surface area (Å²) >= 11 is 5.37. The first-order valence-corrected chi connectivity index (χ1v) is 7.09. The molecule has 0 radical (unpaired) electrons. The molecule has 2 rings (SSSR count). The van der Waals surface area contributed by atoms with Crippen molar-refractivity contribution in [2.24, 2.45) is 0 Å². The summed E-state index contributed by atoms with van der Waals surface area (Å²) in [6, 6.07) is 4.81. The lowest BCUT2D eigenvalue weighted by Gasteiger charge is -2.17. The molecule has 0 fully saturated rings. The third-order valence-corrected chi connectivity index (χ3v) is 4.42. The van der Waals surface area contributed by atoms with Crippen molar-refractivity contribution in [3.8, 4) is 0 Å². The van der Waals surface area contributed by atoms with Crippen molar-refractivity contribution in [3.05, 3.63) is 32.4 Å². The molecule has 15 heavy (non-hydrogen) atoms. The van der Waals surface area contributed by atoms with Gasteiger partial charge in [0.2, 0.25) is 0 Å². The second kappa shape index (κ2) is 5.28. The molecule has 1 aromatic rings. The summed E-state index contributed by atoms with van der Waals surface area (Å²) in [4.78, 5) is 1.43. The Hall–Kier alpha value is -0.120. The molecule has 0 aliphatic heterocycles. The summed E-state index contributed by atoms with van der Waals surface area (Å²) in [5.74, 6) is 0. The number of likely N-dealkylation sites (N-methyl/N-ethyl adjacent to an activating group) is 1. The number of allylic oxidation sites excluding steroid dienone is 1. The number of nitrogens with one attached hydrogen (secondary N) is 1. The molecular weight excluding hydrogens is 270 g/mol. The van der Waals surface area contributed by atoms with E-state index in [2.05, 4.69) is 46.4 Å². The minimum absolute atomic E-state index is 0.453. The lowest BCUT2D eigenvalue weighted by molar-refractivity contribution is 0.614. The summed E-state index contributed by atoms with van der Waals surface area (Å²) in [5.41, 5.74) is 1.58. The molecule has 0 aromatic carbocycles. The van der Waals surface area contributed by atoms with E-state index in [-0.39, 0.29) is 0 Å². The van der Waals surface area contributed by atoms with Gasteiger partial charge in [-0.15, -0.1) is 11.3 Å². The lowest BCUT2D eigenvalue weighted by Crippen LogP contribution is -2.21. The highest BCUT2D eigenvalue weighted by molar-refractivity contribution is 9.11. The Balaban J connectivity index is 2.18. The van der Waals surface area contributed by atoms with Crippen LogP contribution in [-0.2, 0) is 0 Å². The maximum absolute atomic E-state index is 3.58. The Labute approximate surface area is 104 Å². The number of hydrogen-bond acceptors (Lipinski definition) is 2. The highest BCUT2D eigenvalue weighted by Crippen LogP contribution is 2.35. The van der Waals surface area contributed by atoms with Crippen molar-refractivity contribution in [2.75, 3.05) is 6.54 Å². The topological polar surface area (TPSA) is 12.0 Å². The Morgan fingerprint density at radius 2 is 2.40 bits per heavy atom. The van der Waals surface area contributed by atoms with E-state index in [0.717, 1.165) is 6.54 Å². The van der Waals surface area contributed by atoms with Gasteiger partial charge in [0.25, 0.3) is 0 Å². The van der Waals surface area contributed by atoms with Crippen molar-refractivity contribution in [3.63, 3.8) is 0 Å². The van der Waals surface area contributed by atoms with Crippen LogP contribution in [0, 0.1) is 0 Å². The quantitative estimate of drug-likeness (QED) is 0.815. The Kier molecular flexibility index (Phi) is 4.00. The standard InChI is InChI=1S/C12H16BrNS/c1-2-14-12(9-5-3-4-6-9)10-7-8-11(13)15-10/h5,7-8,12,14H,2-4,6H2,1H3. The Bertz CT molecular complexity index is 356. The molecule has 82 valence electrons. The van der Waals surface area contributed by atoms with Gasteiger partial charge in [0, 0.05) is 4.88 Å². The third kappa shape index (κ3) is 2.71. The fourth-order valence-electron chi connectivity index (χ4n) is 2.06. The van der Waals surface area contributed by atoms with Crippen LogP contribution in [0.1, 0.15) is 37.1 Å². The first-order chi connectivity index (χ1) is 7.31. The third-order valence-electron chi connectivity index (χ3n) is 2.73. The van der Waals surface area contributed by atoms with E-state index >= 15 is 0 Å². The zero-order chi connectivity index (χ0) is 10.7. The van der Waals surface area contributed by atoms with Crippen LogP contribution in [0.15, 0.2) is 27.6 Å². The van der Waals surface area contributed by atoms with Crippen LogP contribution in [0.25, 0.3) is 0 Å². The minimum atomic E-state index is 0.453. The van der Waals surface area contributed by atoms with Gasteiger partial charge >= 0.3 is 0 Å². The molecule has 1 aromatic heterocycles. The van der Waals surface area contributed by atoms with E-state index < -0.39 is 0 Å². The first-order valence-electron chi connectivity index (χ1n) is 5.49. The SMILES string of the molecule is CCNC(C1=CCCC1)c1ccc(Br)s1. The molecule has 1 aliphatic rings. The van der Waals surface area contributed by atoms with Gasteiger partial charge < -0.3 is 5.32 Å². The van der Waals surface area contributed by atoms with Gasteiger partial charge in [0.1, 0.15) is 0 Å². The number of hydrogen-bond donors (Lipinski definition) is 1. The van der Waals surface area contributed by atoms with Gasteiger partial charge in [0.05, 0.1) is 9.83 Å². The summed E-state index contributed by atoms with van der Waals surface area (Å²) < 4.78 is 1.22. The average molecular weight is 286 g/mol. The second-order valence-electron chi connectivity index (χ2n) is 3.80. The van der Waals surface area contributed by atoms with Gasteiger partial charge in [-0.3, -0.25) is 0 Å². The molecule has 1 nitrogen and oxygen atoms in total. The number of halogens is 1. The van der Waals surface area contributed by atoms with Crippen LogP contribution in [0.2, 0.25) is 0 Å². The van der Waals surface area contributed by atoms with Crippen molar-refractivity contribution in [1.29, 1.82) is 0 Å². The molecule has 1 atom stereocenters. The molecular formula is C12H16BrNS. The van der Waals surface area contributed by atoms with Crippen LogP contribution < -0.4 is 5.32 Å². The predicted molar refractivity (Wildman–Crippen MR) is 70.4 cm³/mol. The van der Waals surface area contributed by atoms with E-state index in [4.69, 9.17) is 0 Å². The molecule has 0 saturated carbocycles. The molecule has 0 amide bonds. The summed E-state index contributed by atoms with van der Waals surface area (Å²) in [7, 11) is 0. The molecule has 0 bridgehead atoms. The fourth-order valence-corrected chi connectivity index (χ4v) is 3.60. The van der Waals surface area contributed by atoms with Crippen LogP contribution >= 0.6 is 27.3 Å². The second-order valence-corrected chi connectivity index (χ2v) is 6.30. The maximum atomic E-state index is 3.58. The molecule has 1 aliphatic carbocycles. The van der Waals surface area contributed by atoms with Gasteiger partial charge in [0.15, 0.2) is 0 Å². The highest BCUT2D eigenvalue weighted by atomic mass is 79.9. The number of thiophene rings is 1. The fraction of sp³-hybridized carbons (Fsp3) is 0.500. The van der Waals surface area contributed by atoms with Crippen molar-refractivity contribution in [1.82, 2.24) is 5.32 Å². The molecule has 1 heterocycles. The van der Waals surface area contributed by atoms with Gasteiger partial charge in [-0.2, -0.15) is 0 Å². The zero-order valence-electron chi connectivity index (χ0n) is 8.92. The van der Waals surface area contributed by atoms with Crippen LogP contribution in [0.3, 0.4) is 0 Å². The minimum Gasteiger partial charge on any atom is -0.306 e. The number of rotatable bonds is 4. The molecule has 0 spiro atoms. The van der Waals surface area contributed by atoms with E-state index in [0.29, 0.717) is 6.04 Å². The Morgan fingerprint density at radius 1 is 1.53 bits per heavy atom. The van der Waals surface area contributed by atoms with Gasteiger partial charge in [-0.25, -0.2) is 0 Å². The Morgan fingerprint density at radius 3 is 2.93 bits per heavy atom. The van der Waals surface area contributed by atoms with Crippen molar-refractivity contribution < 1.29 is 0 Å². The lowest BCUT2D eigenvalue weighted by atomic mass is 10.1. The summed E-state index contributed by atoms with van der Waals surface area (Å²) in [6.07, 6.45) is 6.24. The first kappa shape index (κ1) is 11.4. The van der Waals surface area contributed by atoms with E-state index in [1.165, 1.54) is 27.9 Å². The van der Waals surface area contributed by atoms with Gasteiger partial charge in [-0.05, 0) is 53.9 Å². The van der Waals surface area contributed by atoms with E-state index in [9.17, 15) is 0 Å². The zero-order valence-corrected chi connectivity index (χ0v) is 11.3. The van der Waals surface area contributed by atoms with Crippen molar-refractivity contribution in [2.45, 2.75) is 32.2 Å². The smallest absolute Gasteiger partial charge is 0.0702 e. The maximum Gasteiger partial charge on any atom is 0.0702 e. The van der Waals surface area contributed by atoms with Crippen LogP contribution in [-0.4, -0.2) is 6.54 Å². The van der Waals surface area contributed by atoms with Crippen LogP contribution in [0.5, 0.6) is 0 Å². The van der Waals surface area contributed by atoms with E-state index in [1.54, 1.807) is 5.57 Å². The van der Waals surface area contributed by atoms with Crippen LogP contribution in [0.4, 0.5) is 0 Å². The predicted octanol–water partition coefficient (Wildman–Crippen LogP) is 4.27. The van der Waals surface area contributed by atoms with Crippen molar-refractivity contribution >= 4 is 27.3 Å². The van der Waals surface area contributed by atoms with Gasteiger partial charge in [-0.1, -0.05) is 18.6 Å². The summed E-state index contributed by atoms with van der Waals surface area (Å²) in [6.45, 7) is 3.20.